The molecule has 0 N–H and O–H groups in total. The van der Waals surface area contributed by atoms with Crippen LogP contribution in [0.25, 0.3) is 0 Å². The third-order valence-corrected chi connectivity index (χ3v) is 0.636. The molecule has 0 aromatic rings. The van der Waals surface area contributed by atoms with Crippen molar-refractivity contribution in [2.24, 2.45) is 0 Å². The quantitative estimate of drug-likeness (QED) is 0.436. The minimum Gasteiger partial charge on any atom is -0.281 e. The van der Waals surface area contributed by atoms with Crippen LogP contribution in [0.5, 0.6) is 0 Å². The number of hydrogen-bond donors (Lipinski definition) is 0. The van der Waals surface area contributed by atoms with Gasteiger partial charge in [-0.3, -0.25) is 4.79 Å². The van der Waals surface area contributed by atoms with Crippen molar-refractivity contribution in [1.29, 1.82) is 0 Å². The average Bonchev–Trinajstić information content (AvgIpc) is 1.35. The summed E-state index contributed by atoms with van der Waals surface area (Å²) >= 11 is 4.94. The SMILES string of the molecule is CCCC(=O)Cl.[Ti]. The van der Waals surface area contributed by atoms with Gasteiger partial charge < -0.3 is 0 Å². The van der Waals surface area contributed by atoms with E-state index in [9.17, 15) is 4.79 Å². The molecule has 0 radical (unpaired) electrons. The zero-order valence-electron chi connectivity index (χ0n) is 4.20. The summed E-state index contributed by atoms with van der Waals surface area (Å²) in [7, 11) is 0. The first-order valence-electron chi connectivity index (χ1n) is 1.95. The van der Waals surface area contributed by atoms with Crippen molar-refractivity contribution in [3.63, 3.8) is 0 Å². The van der Waals surface area contributed by atoms with Crippen molar-refractivity contribution in [3.05, 3.63) is 0 Å². The zero-order chi connectivity index (χ0) is 4.99. The first-order chi connectivity index (χ1) is 2.77. The fourth-order valence-electron chi connectivity index (χ4n) is 0.197. The number of carbonyl (C=O) groups is 1. The maximum Gasteiger partial charge on any atom is 0.221 e. The van der Waals surface area contributed by atoms with Crippen LogP contribution in [0.4, 0.5) is 0 Å². The summed E-state index contributed by atoms with van der Waals surface area (Å²) in [6, 6.07) is 0. The Morgan fingerprint density at radius 3 is 2.14 bits per heavy atom. The van der Waals surface area contributed by atoms with Crippen LogP contribution in [0, 0.1) is 0 Å². The molecule has 0 aliphatic heterocycles. The molecule has 0 rings (SSSR count). The van der Waals surface area contributed by atoms with Crippen molar-refractivity contribution < 1.29 is 26.5 Å². The molecule has 7 heavy (non-hydrogen) atoms. The van der Waals surface area contributed by atoms with E-state index in [1.54, 1.807) is 0 Å². The number of rotatable bonds is 2. The summed E-state index contributed by atoms with van der Waals surface area (Å²) in [5.41, 5.74) is 0. The molecule has 3 heteroatoms. The predicted molar refractivity (Wildman–Crippen MR) is 25.8 cm³/mol. The van der Waals surface area contributed by atoms with E-state index in [1.807, 2.05) is 6.92 Å². The second-order valence-corrected chi connectivity index (χ2v) is 1.53. The van der Waals surface area contributed by atoms with E-state index in [2.05, 4.69) is 0 Å². The molecular formula is C4H7ClOTi. The van der Waals surface area contributed by atoms with Gasteiger partial charge in [0.1, 0.15) is 0 Å². The summed E-state index contributed by atoms with van der Waals surface area (Å²) in [6.07, 6.45) is 1.35. The topological polar surface area (TPSA) is 17.1 Å². The van der Waals surface area contributed by atoms with Gasteiger partial charge in [-0.2, -0.15) is 0 Å². The number of hydrogen-bond acceptors (Lipinski definition) is 1. The van der Waals surface area contributed by atoms with Gasteiger partial charge >= 0.3 is 0 Å². The minimum absolute atomic E-state index is 0. The van der Waals surface area contributed by atoms with Crippen molar-refractivity contribution in [1.82, 2.24) is 0 Å². The van der Waals surface area contributed by atoms with Crippen molar-refractivity contribution >= 4 is 16.8 Å². The van der Waals surface area contributed by atoms with E-state index in [-0.39, 0.29) is 27.0 Å². The van der Waals surface area contributed by atoms with Crippen molar-refractivity contribution in [3.8, 4) is 0 Å². The van der Waals surface area contributed by atoms with Crippen LogP contribution in [0.15, 0.2) is 0 Å². The number of carbonyl (C=O) groups excluding carboxylic acids is 1. The largest absolute Gasteiger partial charge is 0.281 e. The molecule has 0 aromatic heterocycles. The fraction of sp³-hybridized carbons (Fsp3) is 0.750. The standard InChI is InChI=1S/C4H7ClO.Ti/c1-2-3-4(5)6;/h2-3H2,1H3;. The Labute approximate surface area is 63.3 Å². The Morgan fingerprint density at radius 1 is 1.71 bits per heavy atom. The maximum atomic E-state index is 9.81. The van der Waals surface area contributed by atoms with Crippen LogP contribution >= 0.6 is 11.6 Å². The van der Waals surface area contributed by atoms with E-state index >= 15 is 0 Å². The third kappa shape index (κ3) is 10.8. The van der Waals surface area contributed by atoms with Gasteiger partial charge in [0, 0.05) is 28.1 Å². The van der Waals surface area contributed by atoms with Crippen LogP contribution in [0.3, 0.4) is 0 Å². The molecule has 0 fully saturated rings. The molecule has 0 saturated carbocycles. The van der Waals surface area contributed by atoms with Gasteiger partial charge in [-0.15, -0.1) is 0 Å². The molecule has 0 heterocycles. The zero-order valence-corrected chi connectivity index (χ0v) is 6.52. The average molecular weight is 154 g/mol. The van der Waals surface area contributed by atoms with E-state index in [0.717, 1.165) is 6.42 Å². The second-order valence-electron chi connectivity index (χ2n) is 1.11. The summed E-state index contributed by atoms with van der Waals surface area (Å²) in [5.74, 6) is 0. The monoisotopic (exact) mass is 154 g/mol. The third-order valence-electron chi connectivity index (χ3n) is 0.447. The van der Waals surface area contributed by atoms with Crippen LogP contribution in [0.2, 0.25) is 0 Å². The maximum absolute atomic E-state index is 9.81. The first-order valence-corrected chi connectivity index (χ1v) is 2.33. The van der Waals surface area contributed by atoms with Crippen molar-refractivity contribution in [2.75, 3.05) is 0 Å². The molecule has 0 aromatic carbocycles. The van der Waals surface area contributed by atoms with Gasteiger partial charge in [-0.1, -0.05) is 6.92 Å². The molecule has 0 atom stereocenters. The van der Waals surface area contributed by atoms with Crippen molar-refractivity contribution in [2.45, 2.75) is 19.8 Å². The van der Waals surface area contributed by atoms with Crippen LogP contribution in [0.1, 0.15) is 19.8 Å². The van der Waals surface area contributed by atoms with Gasteiger partial charge in [-0.05, 0) is 18.0 Å². The number of halogens is 1. The van der Waals surface area contributed by atoms with Gasteiger partial charge in [-0.25, -0.2) is 0 Å². The summed E-state index contributed by atoms with van der Waals surface area (Å²) in [4.78, 5) is 9.81. The molecule has 0 aliphatic carbocycles. The van der Waals surface area contributed by atoms with E-state index in [0.29, 0.717) is 6.42 Å². The molecule has 40 valence electrons. The fourth-order valence-corrected chi connectivity index (χ4v) is 0.386. The molecule has 0 amide bonds. The normalized spacial score (nSPS) is 7.14. The Morgan fingerprint density at radius 2 is 2.14 bits per heavy atom. The Balaban J connectivity index is 0. The first kappa shape index (κ1) is 10.6. The molecular weight excluding hydrogens is 147 g/mol. The van der Waals surface area contributed by atoms with Gasteiger partial charge in [0.15, 0.2) is 0 Å². The predicted octanol–water partition coefficient (Wildman–Crippen LogP) is 1.55. The van der Waals surface area contributed by atoms with Crippen LogP contribution < -0.4 is 0 Å². The van der Waals surface area contributed by atoms with E-state index in [1.165, 1.54) is 0 Å². The molecule has 1 nitrogen and oxygen atoms in total. The molecule has 0 spiro atoms. The molecule has 0 unspecified atom stereocenters. The Kier molecular flexibility index (Phi) is 10.1. The minimum atomic E-state index is -0.238. The summed E-state index contributed by atoms with van der Waals surface area (Å²) in [5, 5.41) is -0.238. The molecule has 0 aliphatic rings. The summed E-state index contributed by atoms with van der Waals surface area (Å²) in [6.45, 7) is 1.92. The van der Waals surface area contributed by atoms with Crippen LogP contribution in [-0.2, 0) is 26.5 Å². The van der Waals surface area contributed by atoms with E-state index in [4.69, 9.17) is 11.6 Å². The molecule has 0 bridgehead atoms. The Hall–Kier alpha value is 0.674. The van der Waals surface area contributed by atoms with Gasteiger partial charge in [0.2, 0.25) is 5.24 Å². The second kappa shape index (κ2) is 6.67. The molecule has 0 saturated heterocycles. The van der Waals surface area contributed by atoms with Gasteiger partial charge in [0.05, 0.1) is 0 Å². The summed E-state index contributed by atoms with van der Waals surface area (Å²) < 4.78 is 0. The van der Waals surface area contributed by atoms with Crippen LogP contribution in [-0.4, -0.2) is 5.24 Å². The Bertz CT molecular complexity index is 55.7. The smallest absolute Gasteiger partial charge is 0.221 e. The van der Waals surface area contributed by atoms with E-state index < -0.39 is 0 Å². The van der Waals surface area contributed by atoms with Gasteiger partial charge in [0.25, 0.3) is 0 Å².